The minimum absolute atomic E-state index is 0.0322. The molecule has 0 radical (unpaired) electrons. The highest BCUT2D eigenvalue weighted by atomic mass is 16.5. The van der Waals surface area contributed by atoms with Gasteiger partial charge in [0.15, 0.2) is 22.8 Å². The number of aryl methyl sites for hydroxylation is 2. The molecular weight excluding hydrogens is 504 g/mol. The minimum Gasteiger partial charge on any atom is -0.623 e. The van der Waals surface area contributed by atoms with Crippen LogP contribution in [0, 0.1) is 19.1 Å². The van der Waals surface area contributed by atoms with Gasteiger partial charge in [0.05, 0.1) is 0 Å². The van der Waals surface area contributed by atoms with Crippen LogP contribution in [0.5, 0.6) is 0 Å². The van der Waals surface area contributed by atoms with Crippen molar-refractivity contribution in [1.82, 2.24) is 0 Å². The van der Waals surface area contributed by atoms with Crippen LogP contribution in [0.4, 0.5) is 22.7 Å². The van der Waals surface area contributed by atoms with Crippen molar-refractivity contribution in [2.24, 2.45) is 0 Å². The lowest BCUT2D eigenvalue weighted by atomic mass is 9.97. The molecule has 0 saturated heterocycles. The summed E-state index contributed by atoms with van der Waals surface area (Å²) in [5.74, 6) is 0. The Labute approximate surface area is 240 Å². The molecule has 41 heavy (non-hydrogen) atoms. The van der Waals surface area contributed by atoms with Gasteiger partial charge in [0.25, 0.3) is 0 Å². The number of fused-ring (bicyclic) bond motifs is 2. The van der Waals surface area contributed by atoms with Gasteiger partial charge in [-0.25, -0.2) is 0 Å². The first-order valence-corrected chi connectivity index (χ1v) is 13.9. The molecule has 0 spiro atoms. The Kier molecular flexibility index (Phi) is 6.25. The van der Waals surface area contributed by atoms with E-state index < -0.39 is 0 Å². The van der Waals surface area contributed by atoms with Gasteiger partial charge in [-0.3, -0.25) is 5.32 Å². The smallest absolute Gasteiger partial charge is 0.168 e. The predicted molar refractivity (Wildman–Crippen MR) is 168 cm³/mol. The molecule has 2 aliphatic rings. The van der Waals surface area contributed by atoms with Crippen LogP contribution in [0.2, 0.25) is 0 Å². The van der Waals surface area contributed by atoms with Gasteiger partial charge in [-0.1, -0.05) is 72.8 Å². The summed E-state index contributed by atoms with van der Waals surface area (Å²) in [5, 5.41) is 23.6. The number of hydrogen-bond donors (Lipinski definition) is 4. The molecule has 5 nitrogen and oxygen atoms in total. The van der Waals surface area contributed by atoms with E-state index in [0.29, 0.717) is 11.4 Å². The highest BCUT2D eigenvalue weighted by Gasteiger charge is 2.29. The summed E-state index contributed by atoms with van der Waals surface area (Å²) < 4.78 is 0. The normalized spacial score (nSPS) is 16.0. The molecule has 200 valence electrons. The van der Waals surface area contributed by atoms with E-state index in [1.54, 1.807) is 0 Å². The second kappa shape index (κ2) is 10.2. The van der Waals surface area contributed by atoms with Crippen LogP contribution in [0.15, 0.2) is 121 Å². The molecule has 0 saturated carbocycles. The summed E-state index contributed by atoms with van der Waals surface area (Å²) in [4.78, 5) is 0. The van der Waals surface area contributed by atoms with Crippen LogP contribution in [-0.4, -0.2) is 0 Å². The summed E-state index contributed by atoms with van der Waals surface area (Å²) in [6, 6.07) is 41.4. The molecule has 2 heterocycles. The number of benzene rings is 5. The molecule has 2 aliphatic heterocycles. The van der Waals surface area contributed by atoms with Gasteiger partial charge in [0.1, 0.15) is 22.8 Å². The molecule has 1 atom stereocenters. The van der Waals surface area contributed by atoms with Gasteiger partial charge in [0.2, 0.25) is 0 Å². The number of nitrogens with one attached hydrogen (secondary N) is 3. The van der Waals surface area contributed by atoms with Crippen molar-refractivity contribution in [2.45, 2.75) is 13.8 Å². The molecule has 0 fully saturated rings. The minimum atomic E-state index is 0.0322. The van der Waals surface area contributed by atoms with Crippen molar-refractivity contribution in [3.05, 3.63) is 160 Å². The topological polar surface area (TPSA) is 68.2 Å². The van der Waals surface area contributed by atoms with Crippen molar-refractivity contribution < 1.29 is 10.4 Å². The van der Waals surface area contributed by atoms with E-state index >= 15 is 0 Å². The van der Waals surface area contributed by atoms with Crippen LogP contribution in [0.3, 0.4) is 0 Å². The van der Waals surface area contributed by atoms with E-state index in [0.717, 1.165) is 62.0 Å². The summed E-state index contributed by atoms with van der Waals surface area (Å²) in [5.41, 5.74) is 13.9. The lowest BCUT2D eigenvalue weighted by molar-refractivity contribution is -0.689. The first-order valence-electron chi connectivity index (χ1n) is 13.9. The van der Waals surface area contributed by atoms with Crippen molar-refractivity contribution in [3.63, 3.8) is 0 Å². The third kappa shape index (κ3) is 4.62. The van der Waals surface area contributed by atoms with Crippen molar-refractivity contribution in [1.29, 1.82) is 0 Å². The molecule has 0 bridgehead atoms. The van der Waals surface area contributed by atoms with E-state index in [2.05, 4.69) is 89.6 Å². The fourth-order valence-corrected chi connectivity index (χ4v) is 5.71. The Morgan fingerprint density at radius 1 is 0.561 bits per heavy atom. The van der Waals surface area contributed by atoms with Crippen LogP contribution >= 0.6 is 0 Å². The highest BCUT2D eigenvalue weighted by Crippen LogP contribution is 2.35. The van der Waals surface area contributed by atoms with Crippen LogP contribution < -0.4 is 21.0 Å². The third-order valence-electron chi connectivity index (χ3n) is 7.80. The number of hydroxylamine groups is 1. The Morgan fingerprint density at radius 3 is 1.80 bits per heavy atom. The zero-order chi connectivity index (χ0) is 27.9. The fraction of sp³-hybridized carbons (Fsp3) is 0.0556. The molecule has 7 rings (SSSR count). The monoisotopic (exact) mass is 535 g/mol. The number of hydrogen-bond acceptors (Lipinski definition) is 3. The van der Waals surface area contributed by atoms with Gasteiger partial charge in [-0.15, -0.1) is 0 Å². The zero-order valence-corrected chi connectivity index (χ0v) is 23.0. The largest absolute Gasteiger partial charge is 0.623 e. The van der Waals surface area contributed by atoms with Crippen LogP contribution in [-0.2, 0) is 0 Å². The SMILES string of the molecule is Cc1ccc2c(c1)NC(c1ccccc1)=C(c1ccc(C3=C(c4ccccc4)Nc4cc(C)ccc4[NH+]3[O-])cc1)[NH2+]2. The maximum Gasteiger partial charge on any atom is 0.168 e. The maximum atomic E-state index is 14.0. The summed E-state index contributed by atoms with van der Waals surface area (Å²) in [6.07, 6.45) is 0. The van der Waals surface area contributed by atoms with Crippen molar-refractivity contribution in [3.8, 4) is 0 Å². The molecular formula is C36H31N4O+. The molecule has 0 amide bonds. The highest BCUT2D eigenvalue weighted by molar-refractivity contribution is 5.99. The Bertz CT molecular complexity index is 1820. The van der Waals surface area contributed by atoms with E-state index in [-0.39, 0.29) is 5.06 Å². The average Bonchev–Trinajstić information content (AvgIpc) is 3.01. The quantitative estimate of drug-likeness (QED) is 0.159. The van der Waals surface area contributed by atoms with Gasteiger partial charge < -0.3 is 20.9 Å². The van der Waals surface area contributed by atoms with Crippen molar-refractivity contribution in [2.75, 3.05) is 10.6 Å². The predicted octanol–water partition coefficient (Wildman–Crippen LogP) is 6.42. The zero-order valence-electron chi connectivity index (χ0n) is 23.0. The number of anilines is 2. The maximum absolute atomic E-state index is 14.0. The van der Waals surface area contributed by atoms with Gasteiger partial charge >= 0.3 is 0 Å². The molecule has 5 aromatic rings. The summed E-state index contributed by atoms with van der Waals surface area (Å²) in [6.45, 7) is 4.16. The third-order valence-corrected chi connectivity index (χ3v) is 7.80. The molecule has 0 aliphatic carbocycles. The number of nitrogens with two attached hydrogens (primary N) is 1. The van der Waals surface area contributed by atoms with Crippen LogP contribution in [0.25, 0.3) is 22.8 Å². The van der Waals surface area contributed by atoms with Crippen LogP contribution in [0.1, 0.15) is 33.4 Å². The molecule has 0 aromatic heterocycles. The lowest BCUT2D eigenvalue weighted by Crippen LogP contribution is -3.00. The van der Waals surface area contributed by atoms with Crippen molar-refractivity contribution >= 4 is 45.5 Å². The second-order valence-electron chi connectivity index (χ2n) is 10.7. The second-order valence-corrected chi connectivity index (χ2v) is 10.7. The van der Waals surface area contributed by atoms with E-state index in [4.69, 9.17) is 0 Å². The Hall–Kier alpha value is -4.94. The number of quaternary nitrogens is 2. The molecule has 5 aromatic carbocycles. The summed E-state index contributed by atoms with van der Waals surface area (Å²) >= 11 is 0. The standard InChI is InChI=1S/C36H30N4O/c1-23-13-19-29-30(21-23)38-33(25-9-5-3-6-10-25)34(37-29)27-15-17-28(18-16-27)36-35(26-11-7-4-8-12-26)39-31-22-24(2)14-20-32(31)40(36)41/h3-22,37-40H,1-2H3/p+1. The van der Waals surface area contributed by atoms with E-state index in [9.17, 15) is 5.21 Å². The van der Waals surface area contributed by atoms with Gasteiger partial charge in [0, 0.05) is 34.4 Å². The van der Waals surface area contributed by atoms with Gasteiger partial charge in [-0.2, -0.15) is 0 Å². The first-order chi connectivity index (χ1) is 20.0. The molecule has 5 heteroatoms. The average molecular weight is 536 g/mol. The Balaban J connectivity index is 1.34. The summed E-state index contributed by atoms with van der Waals surface area (Å²) in [7, 11) is 0. The molecule has 1 unspecified atom stereocenters. The molecule has 5 N–H and O–H groups in total. The lowest BCUT2D eigenvalue weighted by Gasteiger charge is -2.33. The van der Waals surface area contributed by atoms with Gasteiger partial charge in [-0.05, 0) is 61.4 Å². The fourth-order valence-electron chi connectivity index (χ4n) is 5.71. The van der Waals surface area contributed by atoms with E-state index in [1.807, 2.05) is 61.5 Å². The Morgan fingerprint density at radius 2 is 1.12 bits per heavy atom. The number of rotatable bonds is 4. The van der Waals surface area contributed by atoms with E-state index in [1.165, 1.54) is 5.56 Å². The first kappa shape index (κ1) is 25.1.